The molecule has 1 aliphatic heterocycles. The number of carbonyl (C=O) groups excluding carboxylic acids is 1. The van der Waals surface area contributed by atoms with Crippen LogP contribution >= 0.6 is 27.5 Å². The smallest absolute Gasteiger partial charge is 0.255 e. The number of aliphatic hydroxyl groups excluding tert-OH is 1. The molecule has 0 radical (unpaired) electrons. The molecule has 1 saturated heterocycles. The molecule has 1 fully saturated rings. The molecule has 2 rings (SSSR count). The van der Waals surface area contributed by atoms with Gasteiger partial charge in [0.05, 0.1) is 11.7 Å². The molecule has 0 aliphatic carbocycles. The van der Waals surface area contributed by atoms with E-state index in [0.29, 0.717) is 28.1 Å². The van der Waals surface area contributed by atoms with Gasteiger partial charge in [0.1, 0.15) is 0 Å². The van der Waals surface area contributed by atoms with Gasteiger partial charge in [0.15, 0.2) is 0 Å². The maximum absolute atomic E-state index is 12.3. The van der Waals surface area contributed by atoms with Crippen molar-refractivity contribution in [1.29, 1.82) is 0 Å². The van der Waals surface area contributed by atoms with Crippen LogP contribution in [-0.2, 0) is 0 Å². The molecule has 1 aromatic carbocycles. The van der Waals surface area contributed by atoms with Crippen LogP contribution in [0.1, 0.15) is 23.7 Å². The number of hydrogen-bond acceptors (Lipinski definition) is 2. The summed E-state index contributed by atoms with van der Waals surface area (Å²) in [6.07, 6.45) is 0.491. The van der Waals surface area contributed by atoms with E-state index in [4.69, 9.17) is 11.6 Å². The van der Waals surface area contributed by atoms with Crippen LogP contribution in [0.25, 0.3) is 0 Å². The fraction of sp³-hybridized carbons (Fsp3) is 0.462. The number of benzene rings is 1. The van der Waals surface area contributed by atoms with E-state index in [-0.39, 0.29) is 17.9 Å². The molecule has 1 amide bonds. The normalized spacial score (nSPS) is 21.1. The molecule has 2 unspecified atom stereocenters. The standard InChI is InChI=1S/C13H15BrClNO2/c1-8(17)9-4-5-16(7-9)13(18)11-3-2-10(15)6-12(11)14/h2-3,6,8-9,17H,4-5,7H2,1H3. The SMILES string of the molecule is CC(O)C1CCN(C(=O)c2ccc(Cl)cc2Br)C1. The first-order chi connectivity index (χ1) is 8.49. The van der Waals surface area contributed by atoms with Crippen LogP contribution in [0.3, 0.4) is 0 Å². The van der Waals surface area contributed by atoms with E-state index in [1.165, 1.54) is 0 Å². The second-order valence-electron chi connectivity index (χ2n) is 4.66. The Labute approximate surface area is 120 Å². The highest BCUT2D eigenvalue weighted by Crippen LogP contribution is 2.26. The van der Waals surface area contributed by atoms with Gasteiger partial charge in [0, 0.05) is 28.5 Å². The molecule has 5 heteroatoms. The third-order valence-electron chi connectivity index (χ3n) is 3.36. The van der Waals surface area contributed by atoms with Crippen LogP contribution in [0.15, 0.2) is 22.7 Å². The average molecular weight is 333 g/mol. The van der Waals surface area contributed by atoms with Crippen molar-refractivity contribution in [2.75, 3.05) is 13.1 Å². The van der Waals surface area contributed by atoms with E-state index in [9.17, 15) is 9.90 Å². The van der Waals surface area contributed by atoms with Crippen LogP contribution in [0.5, 0.6) is 0 Å². The van der Waals surface area contributed by atoms with Gasteiger partial charge in [0.2, 0.25) is 0 Å². The van der Waals surface area contributed by atoms with Crippen molar-refractivity contribution in [1.82, 2.24) is 4.90 Å². The number of carbonyl (C=O) groups is 1. The zero-order valence-electron chi connectivity index (χ0n) is 10.1. The lowest BCUT2D eigenvalue weighted by molar-refractivity contribution is 0.0761. The van der Waals surface area contributed by atoms with Crippen molar-refractivity contribution in [3.05, 3.63) is 33.3 Å². The third-order valence-corrected chi connectivity index (χ3v) is 4.25. The Bertz CT molecular complexity index is 464. The Morgan fingerprint density at radius 1 is 1.61 bits per heavy atom. The fourth-order valence-corrected chi connectivity index (χ4v) is 3.05. The maximum Gasteiger partial charge on any atom is 0.255 e. The predicted octanol–water partition coefficient (Wildman–Crippen LogP) is 2.95. The molecule has 98 valence electrons. The number of aliphatic hydroxyl groups is 1. The van der Waals surface area contributed by atoms with Gasteiger partial charge >= 0.3 is 0 Å². The summed E-state index contributed by atoms with van der Waals surface area (Å²) in [6, 6.07) is 5.16. The minimum Gasteiger partial charge on any atom is -0.393 e. The summed E-state index contributed by atoms with van der Waals surface area (Å²) in [4.78, 5) is 14.1. The van der Waals surface area contributed by atoms with Gasteiger partial charge in [-0.1, -0.05) is 11.6 Å². The fourth-order valence-electron chi connectivity index (χ4n) is 2.20. The summed E-state index contributed by atoms with van der Waals surface area (Å²) >= 11 is 9.22. The topological polar surface area (TPSA) is 40.5 Å². The van der Waals surface area contributed by atoms with Crippen LogP contribution in [0.2, 0.25) is 5.02 Å². The van der Waals surface area contributed by atoms with Crippen LogP contribution in [0.4, 0.5) is 0 Å². The van der Waals surface area contributed by atoms with Crippen LogP contribution < -0.4 is 0 Å². The molecule has 1 aliphatic rings. The first-order valence-corrected chi connectivity index (χ1v) is 7.08. The zero-order chi connectivity index (χ0) is 13.3. The zero-order valence-corrected chi connectivity index (χ0v) is 12.4. The Kier molecular flexibility index (Phi) is 4.30. The van der Waals surface area contributed by atoms with E-state index in [1.807, 2.05) is 0 Å². The summed E-state index contributed by atoms with van der Waals surface area (Å²) in [5.41, 5.74) is 0.616. The largest absolute Gasteiger partial charge is 0.393 e. The third kappa shape index (κ3) is 2.87. The molecule has 0 aromatic heterocycles. The molecule has 3 nitrogen and oxygen atoms in total. The molecule has 0 saturated carbocycles. The molecule has 0 bridgehead atoms. The second-order valence-corrected chi connectivity index (χ2v) is 5.96. The van der Waals surface area contributed by atoms with E-state index >= 15 is 0 Å². The highest BCUT2D eigenvalue weighted by atomic mass is 79.9. The predicted molar refractivity (Wildman–Crippen MR) is 74.8 cm³/mol. The van der Waals surface area contributed by atoms with Crippen molar-refractivity contribution < 1.29 is 9.90 Å². The van der Waals surface area contributed by atoms with Gasteiger partial charge in [-0.2, -0.15) is 0 Å². The molecule has 0 spiro atoms. The average Bonchev–Trinajstić information content (AvgIpc) is 2.77. The molecular weight excluding hydrogens is 318 g/mol. The van der Waals surface area contributed by atoms with Crippen molar-refractivity contribution in [3.8, 4) is 0 Å². The Balaban J connectivity index is 2.13. The highest BCUT2D eigenvalue weighted by molar-refractivity contribution is 9.10. The minimum absolute atomic E-state index is 0.0123. The Morgan fingerprint density at radius 2 is 2.33 bits per heavy atom. The van der Waals surface area contributed by atoms with Gasteiger partial charge in [-0.25, -0.2) is 0 Å². The second kappa shape index (κ2) is 5.59. The molecule has 1 heterocycles. The minimum atomic E-state index is -0.364. The van der Waals surface area contributed by atoms with E-state index in [2.05, 4.69) is 15.9 Å². The number of likely N-dealkylation sites (tertiary alicyclic amines) is 1. The van der Waals surface area contributed by atoms with E-state index < -0.39 is 0 Å². The van der Waals surface area contributed by atoms with Gasteiger partial charge < -0.3 is 10.0 Å². The van der Waals surface area contributed by atoms with Crippen molar-refractivity contribution >= 4 is 33.4 Å². The Morgan fingerprint density at radius 3 is 2.89 bits per heavy atom. The van der Waals surface area contributed by atoms with Crippen molar-refractivity contribution in [3.63, 3.8) is 0 Å². The summed E-state index contributed by atoms with van der Waals surface area (Å²) in [5.74, 6) is 0.168. The van der Waals surface area contributed by atoms with Crippen LogP contribution in [0, 0.1) is 5.92 Å². The molecule has 1 N–H and O–H groups in total. The van der Waals surface area contributed by atoms with E-state index in [1.54, 1.807) is 30.0 Å². The number of halogens is 2. The van der Waals surface area contributed by atoms with Gasteiger partial charge in [-0.15, -0.1) is 0 Å². The summed E-state index contributed by atoms with van der Waals surface area (Å²) in [5, 5.41) is 10.1. The van der Waals surface area contributed by atoms with E-state index in [0.717, 1.165) is 6.42 Å². The lowest BCUT2D eigenvalue weighted by atomic mass is 10.0. The van der Waals surface area contributed by atoms with Gasteiger partial charge in [-0.3, -0.25) is 4.79 Å². The highest BCUT2D eigenvalue weighted by Gasteiger charge is 2.30. The monoisotopic (exact) mass is 331 g/mol. The number of hydrogen-bond donors (Lipinski definition) is 1. The van der Waals surface area contributed by atoms with Gasteiger partial charge in [0.25, 0.3) is 5.91 Å². The maximum atomic E-state index is 12.3. The molecule has 2 atom stereocenters. The number of amides is 1. The first kappa shape index (κ1) is 13.8. The van der Waals surface area contributed by atoms with Gasteiger partial charge in [-0.05, 0) is 47.5 Å². The van der Waals surface area contributed by atoms with Crippen LogP contribution in [-0.4, -0.2) is 35.1 Å². The quantitative estimate of drug-likeness (QED) is 0.904. The molecule has 18 heavy (non-hydrogen) atoms. The van der Waals surface area contributed by atoms with Crippen molar-refractivity contribution in [2.45, 2.75) is 19.4 Å². The lowest BCUT2D eigenvalue weighted by Gasteiger charge is -2.18. The number of rotatable bonds is 2. The Hall–Kier alpha value is -0.580. The molecular formula is C13H15BrClNO2. The summed E-state index contributed by atoms with van der Waals surface area (Å²) in [6.45, 7) is 3.09. The summed E-state index contributed by atoms with van der Waals surface area (Å²) < 4.78 is 0.709. The summed E-state index contributed by atoms with van der Waals surface area (Å²) in [7, 11) is 0. The number of nitrogens with zero attached hydrogens (tertiary/aromatic N) is 1. The molecule has 1 aromatic rings. The lowest BCUT2D eigenvalue weighted by Crippen LogP contribution is -2.30. The first-order valence-electron chi connectivity index (χ1n) is 5.91. The van der Waals surface area contributed by atoms with Crippen molar-refractivity contribution in [2.24, 2.45) is 5.92 Å².